The van der Waals surface area contributed by atoms with Gasteiger partial charge in [0.25, 0.3) is 5.91 Å². The molecule has 2 N–H and O–H groups in total. The van der Waals surface area contributed by atoms with Crippen LogP contribution >= 0.6 is 23.5 Å². The average molecular weight is 475 g/mol. The molecule has 0 spiro atoms. The maximum atomic E-state index is 13.5. The van der Waals surface area contributed by atoms with Gasteiger partial charge in [-0.1, -0.05) is 17.7 Å². The fourth-order valence-electron chi connectivity index (χ4n) is 2.94. The molecule has 0 radical (unpaired) electrons. The molecule has 0 aliphatic carbocycles. The largest absolute Gasteiger partial charge is 0.524 e. The number of ether oxygens (including phenoxy) is 1. The molecule has 0 saturated heterocycles. The van der Waals surface area contributed by atoms with Crippen molar-refractivity contribution in [2.45, 2.75) is 37.4 Å². The zero-order valence-electron chi connectivity index (χ0n) is 15.9. The molecule has 2 heterocycles. The van der Waals surface area contributed by atoms with E-state index < -0.39 is 24.3 Å². The van der Waals surface area contributed by atoms with Crippen molar-refractivity contribution in [3.05, 3.63) is 52.1 Å². The summed E-state index contributed by atoms with van der Waals surface area (Å²) >= 11 is 7.24. The first-order chi connectivity index (χ1) is 14.6. The summed E-state index contributed by atoms with van der Waals surface area (Å²) in [4.78, 5) is 13.3. The Morgan fingerprint density at radius 1 is 1.42 bits per heavy atom. The first-order valence-electron chi connectivity index (χ1n) is 8.87. The smallest absolute Gasteiger partial charge is 0.334 e. The number of nitriles is 1. The van der Waals surface area contributed by atoms with E-state index in [9.17, 15) is 22.4 Å². The van der Waals surface area contributed by atoms with E-state index in [1.165, 1.54) is 19.1 Å². The number of halogens is 5. The first kappa shape index (κ1) is 23.1. The highest BCUT2D eigenvalue weighted by Crippen LogP contribution is 2.38. The number of nitrogens with zero attached hydrogens (tertiary/aromatic N) is 2. The number of benzene rings is 1. The van der Waals surface area contributed by atoms with Gasteiger partial charge in [0.05, 0.1) is 21.2 Å². The van der Waals surface area contributed by atoms with E-state index in [-0.39, 0.29) is 22.0 Å². The van der Waals surface area contributed by atoms with Crippen LogP contribution < -0.4 is 10.0 Å². The van der Waals surface area contributed by atoms with Crippen molar-refractivity contribution in [2.75, 3.05) is 5.32 Å². The fourth-order valence-corrected chi connectivity index (χ4v) is 4.14. The zero-order chi connectivity index (χ0) is 22.8. The summed E-state index contributed by atoms with van der Waals surface area (Å²) in [5.41, 5.74) is 0.607. The maximum absolute atomic E-state index is 13.5. The lowest BCUT2D eigenvalue weighted by Gasteiger charge is -2.17. The number of fused-ring (bicyclic) bond motifs is 1. The fraction of sp³-hybridized carbons (Fsp3) is 0.263. The number of nitrogens with one attached hydrogen (secondary N) is 2. The topological polar surface area (TPSA) is 79.1 Å². The van der Waals surface area contributed by atoms with Crippen LogP contribution in [0.25, 0.3) is 6.08 Å². The van der Waals surface area contributed by atoms with Crippen molar-refractivity contribution in [2.24, 2.45) is 0 Å². The summed E-state index contributed by atoms with van der Waals surface area (Å²) in [6.07, 6.45) is -1.98. The minimum atomic E-state index is -4.81. The molecular weight excluding hydrogens is 460 g/mol. The average Bonchev–Trinajstić information content (AvgIpc) is 2.97. The second-order valence-corrected chi connectivity index (χ2v) is 7.63. The monoisotopic (exact) mass is 474 g/mol. The van der Waals surface area contributed by atoms with Crippen molar-refractivity contribution >= 4 is 41.2 Å². The van der Waals surface area contributed by atoms with Gasteiger partial charge in [-0.2, -0.15) is 5.26 Å². The molecule has 1 amide bonds. The highest BCUT2D eigenvalue weighted by Gasteiger charge is 2.33. The van der Waals surface area contributed by atoms with Crippen molar-refractivity contribution in [1.82, 2.24) is 9.29 Å². The van der Waals surface area contributed by atoms with E-state index in [0.29, 0.717) is 23.6 Å². The molecule has 164 valence electrons. The predicted molar refractivity (Wildman–Crippen MR) is 108 cm³/mol. The summed E-state index contributed by atoms with van der Waals surface area (Å²) in [6.45, 7) is 1.61. The van der Waals surface area contributed by atoms with Gasteiger partial charge in [-0.15, -0.1) is 13.2 Å². The van der Waals surface area contributed by atoms with E-state index in [0.717, 1.165) is 18.0 Å². The van der Waals surface area contributed by atoms with Gasteiger partial charge in [0.2, 0.25) is 0 Å². The van der Waals surface area contributed by atoms with Gasteiger partial charge in [-0.25, -0.2) is 9.11 Å². The van der Waals surface area contributed by atoms with Crippen molar-refractivity contribution < 1.29 is 27.1 Å². The number of alkyl halides is 3. The Morgan fingerprint density at radius 2 is 2.16 bits per heavy atom. The first-order valence-corrected chi connectivity index (χ1v) is 10.1. The standard InChI is InChI=1S/C19H15ClF4N4O2S/c1-10(30-19(22,23)24)27-31-17-14-4-2-3-7-28(14)16(15(17)20)18(29)26-12-5-6-13(21)11(8-12)9-25/h2,4-6,8,10,27H,3,7H2,1H3,(H,26,29). The molecular formula is C19H15ClF4N4O2S. The van der Waals surface area contributed by atoms with Gasteiger partial charge in [-0.3, -0.25) is 9.53 Å². The van der Waals surface area contributed by atoms with E-state index in [2.05, 4.69) is 14.8 Å². The molecule has 0 saturated carbocycles. The SMILES string of the molecule is CC(NSc1c(Cl)c(C(=O)Nc2ccc(F)c(C#N)c2)n2c1C=CCC2)OC(F)(F)F. The summed E-state index contributed by atoms with van der Waals surface area (Å²) in [5, 5.41) is 11.6. The molecule has 1 atom stereocenters. The lowest BCUT2D eigenvalue weighted by molar-refractivity contribution is -0.341. The number of anilines is 1. The van der Waals surface area contributed by atoms with Crippen LogP contribution in [0, 0.1) is 17.1 Å². The molecule has 0 bridgehead atoms. The van der Waals surface area contributed by atoms with Crippen molar-refractivity contribution in [3.63, 3.8) is 0 Å². The second-order valence-electron chi connectivity index (χ2n) is 6.41. The van der Waals surface area contributed by atoms with Crippen LogP contribution in [0.5, 0.6) is 0 Å². The normalized spacial score (nSPS) is 14.1. The molecule has 2 aromatic rings. The van der Waals surface area contributed by atoms with Crippen LogP contribution in [0.4, 0.5) is 23.2 Å². The molecule has 3 rings (SSSR count). The highest BCUT2D eigenvalue weighted by atomic mass is 35.5. The van der Waals surface area contributed by atoms with E-state index >= 15 is 0 Å². The van der Waals surface area contributed by atoms with Crippen LogP contribution in [-0.2, 0) is 11.3 Å². The van der Waals surface area contributed by atoms with Crippen molar-refractivity contribution in [3.8, 4) is 6.07 Å². The van der Waals surface area contributed by atoms with Gasteiger partial charge in [-0.05, 0) is 49.6 Å². The molecule has 0 fully saturated rings. The molecule has 31 heavy (non-hydrogen) atoms. The van der Waals surface area contributed by atoms with Gasteiger partial charge in [0.15, 0.2) is 0 Å². The third kappa shape index (κ3) is 5.40. The Hall–Kier alpha value is -2.52. The van der Waals surface area contributed by atoms with Gasteiger partial charge in [0, 0.05) is 12.2 Å². The molecule has 1 aliphatic rings. The van der Waals surface area contributed by atoms with Crippen molar-refractivity contribution in [1.29, 1.82) is 5.26 Å². The Kier molecular flexibility index (Phi) is 6.96. The molecule has 6 nitrogen and oxygen atoms in total. The van der Waals surface area contributed by atoms with Gasteiger partial charge in [0.1, 0.15) is 23.8 Å². The minimum Gasteiger partial charge on any atom is -0.334 e. The van der Waals surface area contributed by atoms with Crippen LogP contribution in [0.3, 0.4) is 0 Å². The van der Waals surface area contributed by atoms with Crippen LogP contribution in [-0.4, -0.2) is 23.1 Å². The summed E-state index contributed by atoms with van der Waals surface area (Å²) in [7, 11) is 0. The number of aromatic nitrogens is 1. The van der Waals surface area contributed by atoms with Crippen LogP contribution in [0.2, 0.25) is 5.02 Å². The number of hydrogen-bond donors (Lipinski definition) is 2. The van der Waals surface area contributed by atoms with E-state index in [1.807, 2.05) is 6.08 Å². The predicted octanol–water partition coefficient (Wildman–Crippen LogP) is 5.30. The summed E-state index contributed by atoms with van der Waals surface area (Å²) in [6, 6.07) is 5.23. The third-order valence-corrected chi connectivity index (χ3v) is 5.74. The Morgan fingerprint density at radius 3 is 2.84 bits per heavy atom. The summed E-state index contributed by atoms with van der Waals surface area (Å²) in [5.74, 6) is -1.33. The number of amides is 1. The molecule has 1 aliphatic heterocycles. The van der Waals surface area contributed by atoms with E-state index in [1.54, 1.807) is 16.7 Å². The Bertz CT molecular complexity index is 1080. The number of rotatable bonds is 6. The third-order valence-electron chi connectivity index (χ3n) is 4.19. The van der Waals surface area contributed by atoms with Gasteiger partial charge >= 0.3 is 6.36 Å². The molecule has 1 unspecified atom stereocenters. The summed E-state index contributed by atoms with van der Waals surface area (Å²) < 4.78 is 58.7. The maximum Gasteiger partial charge on any atom is 0.524 e. The highest BCUT2D eigenvalue weighted by molar-refractivity contribution is 7.97. The lowest BCUT2D eigenvalue weighted by atomic mass is 10.2. The molecule has 12 heteroatoms. The van der Waals surface area contributed by atoms with Crippen LogP contribution in [0.1, 0.15) is 35.1 Å². The Balaban J connectivity index is 1.87. The molecule has 1 aromatic carbocycles. The van der Waals surface area contributed by atoms with Gasteiger partial charge < -0.3 is 9.88 Å². The lowest BCUT2D eigenvalue weighted by Crippen LogP contribution is -2.30. The van der Waals surface area contributed by atoms with Crippen LogP contribution in [0.15, 0.2) is 29.2 Å². The Labute approximate surface area is 183 Å². The second kappa shape index (κ2) is 9.32. The number of carbonyl (C=O) groups is 1. The number of allylic oxidation sites excluding steroid dienone is 1. The van der Waals surface area contributed by atoms with E-state index in [4.69, 9.17) is 16.9 Å². The molecule has 1 aromatic heterocycles. The number of hydrogen-bond acceptors (Lipinski definition) is 5. The number of carbonyl (C=O) groups excluding carboxylic acids is 1. The quantitative estimate of drug-likeness (QED) is 0.337. The minimum absolute atomic E-state index is 0.0402. The zero-order valence-corrected chi connectivity index (χ0v) is 17.5.